The van der Waals surface area contributed by atoms with E-state index in [-0.39, 0.29) is 0 Å². The Balaban J connectivity index is 1.77. The molecule has 0 heterocycles. The van der Waals surface area contributed by atoms with Gasteiger partial charge in [0.15, 0.2) is 0 Å². The molecule has 1 nitrogen and oxygen atoms in total. The summed E-state index contributed by atoms with van der Waals surface area (Å²) in [5, 5.41) is 3.71. The SMILES string of the molecule is CC(C)CNCC1(C2CCCCCC2)CC1. The molecule has 0 aliphatic heterocycles. The molecular weight excluding hydrogens is 194 g/mol. The number of hydrogen-bond acceptors (Lipinski definition) is 1. The summed E-state index contributed by atoms with van der Waals surface area (Å²) in [7, 11) is 0. The van der Waals surface area contributed by atoms with Gasteiger partial charge in [0.25, 0.3) is 0 Å². The third kappa shape index (κ3) is 3.23. The van der Waals surface area contributed by atoms with Crippen LogP contribution in [0.4, 0.5) is 0 Å². The fourth-order valence-electron chi connectivity index (χ4n) is 3.39. The Bertz CT molecular complexity index is 197. The Labute approximate surface area is 101 Å². The topological polar surface area (TPSA) is 12.0 Å². The smallest absolute Gasteiger partial charge is 0.00106 e. The minimum absolute atomic E-state index is 0.735. The van der Waals surface area contributed by atoms with Gasteiger partial charge in [-0.15, -0.1) is 0 Å². The lowest BCUT2D eigenvalue weighted by molar-refractivity contribution is 0.260. The van der Waals surface area contributed by atoms with Gasteiger partial charge in [-0.3, -0.25) is 0 Å². The maximum absolute atomic E-state index is 3.71. The molecule has 2 rings (SSSR count). The first-order valence-corrected chi connectivity index (χ1v) is 7.44. The molecule has 0 atom stereocenters. The van der Waals surface area contributed by atoms with Crippen molar-refractivity contribution < 1.29 is 0 Å². The molecule has 2 aliphatic carbocycles. The molecule has 0 aromatic carbocycles. The minimum Gasteiger partial charge on any atom is -0.316 e. The van der Waals surface area contributed by atoms with Crippen molar-refractivity contribution in [2.75, 3.05) is 13.1 Å². The van der Waals surface area contributed by atoms with Gasteiger partial charge in [-0.2, -0.15) is 0 Å². The largest absolute Gasteiger partial charge is 0.316 e. The summed E-state index contributed by atoms with van der Waals surface area (Å²) in [5.74, 6) is 1.85. The lowest BCUT2D eigenvalue weighted by Crippen LogP contribution is -2.32. The molecule has 2 saturated carbocycles. The van der Waals surface area contributed by atoms with E-state index in [0.717, 1.165) is 17.3 Å². The van der Waals surface area contributed by atoms with Crippen LogP contribution in [0.5, 0.6) is 0 Å². The molecule has 0 saturated heterocycles. The van der Waals surface area contributed by atoms with Crippen molar-refractivity contribution in [2.45, 2.75) is 65.2 Å². The zero-order chi connectivity index (χ0) is 11.4. The van der Waals surface area contributed by atoms with Crippen LogP contribution in [0.25, 0.3) is 0 Å². The Kier molecular flexibility index (Phi) is 4.29. The first kappa shape index (κ1) is 12.4. The van der Waals surface area contributed by atoms with Crippen molar-refractivity contribution in [1.82, 2.24) is 5.32 Å². The molecule has 0 radical (unpaired) electrons. The maximum Gasteiger partial charge on any atom is 0.00106 e. The van der Waals surface area contributed by atoms with Crippen LogP contribution in [0.1, 0.15) is 65.2 Å². The van der Waals surface area contributed by atoms with E-state index in [2.05, 4.69) is 19.2 Å². The summed E-state index contributed by atoms with van der Waals surface area (Å²) >= 11 is 0. The van der Waals surface area contributed by atoms with Crippen LogP contribution in [0.3, 0.4) is 0 Å². The highest BCUT2D eigenvalue weighted by atomic mass is 14.9. The molecule has 0 amide bonds. The van der Waals surface area contributed by atoms with Crippen molar-refractivity contribution in [1.29, 1.82) is 0 Å². The minimum atomic E-state index is 0.735. The van der Waals surface area contributed by atoms with E-state index in [9.17, 15) is 0 Å². The standard InChI is InChI=1S/C15H29N/c1-13(2)11-16-12-15(9-10-15)14-7-5-3-4-6-8-14/h13-14,16H,3-12H2,1-2H3. The van der Waals surface area contributed by atoms with Crippen molar-refractivity contribution >= 4 is 0 Å². The average Bonchev–Trinajstić information content (AvgIpc) is 2.99. The first-order valence-electron chi connectivity index (χ1n) is 7.44. The van der Waals surface area contributed by atoms with Crippen LogP contribution in [0, 0.1) is 17.3 Å². The number of nitrogens with one attached hydrogen (secondary N) is 1. The van der Waals surface area contributed by atoms with Gasteiger partial charge in [-0.05, 0) is 49.5 Å². The molecule has 94 valence electrons. The van der Waals surface area contributed by atoms with Crippen LogP contribution < -0.4 is 5.32 Å². The second-order valence-electron chi connectivity index (χ2n) is 6.58. The zero-order valence-electron chi connectivity index (χ0n) is 11.2. The lowest BCUT2D eigenvalue weighted by Gasteiger charge is -2.26. The van der Waals surface area contributed by atoms with Gasteiger partial charge in [-0.25, -0.2) is 0 Å². The quantitative estimate of drug-likeness (QED) is 0.695. The van der Waals surface area contributed by atoms with Crippen LogP contribution in [0.15, 0.2) is 0 Å². The average molecular weight is 223 g/mol. The maximum atomic E-state index is 3.71. The van der Waals surface area contributed by atoms with Crippen LogP contribution in [-0.4, -0.2) is 13.1 Å². The van der Waals surface area contributed by atoms with Crippen LogP contribution in [-0.2, 0) is 0 Å². The van der Waals surface area contributed by atoms with Gasteiger partial charge in [0.2, 0.25) is 0 Å². The fraction of sp³-hybridized carbons (Fsp3) is 1.00. The molecule has 0 spiro atoms. The van der Waals surface area contributed by atoms with E-state index < -0.39 is 0 Å². The van der Waals surface area contributed by atoms with E-state index >= 15 is 0 Å². The predicted octanol–water partition coefficient (Wildman–Crippen LogP) is 3.98. The normalized spacial score (nSPS) is 25.7. The Morgan fingerprint density at radius 3 is 2.19 bits per heavy atom. The molecule has 0 aromatic heterocycles. The molecule has 16 heavy (non-hydrogen) atoms. The van der Waals surface area contributed by atoms with Crippen LogP contribution in [0.2, 0.25) is 0 Å². The van der Waals surface area contributed by atoms with Gasteiger partial charge in [0.05, 0.1) is 0 Å². The van der Waals surface area contributed by atoms with Crippen molar-refractivity contribution in [3.05, 3.63) is 0 Å². The Hall–Kier alpha value is -0.0400. The van der Waals surface area contributed by atoms with Crippen LogP contribution >= 0.6 is 0 Å². The van der Waals surface area contributed by atoms with Gasteiger partial charge in [-0.1, -0.05) is 39.5 Å². The summed E-state index contributed by atoms with van der Waals surface area (Å²) < 4.78 is 0. The summed E-state index contributed by atoms with van der Waals surface area (Å²) in [6.07, 6.45) is 12.0. The molecule has 1 N–H and O–H groups in total. The molecule has 0 unspecified atom stereocenters. The third-order valence-corrected chi connectivity index (χ3v) is 4.64. The second kappa shape index (κ2) is 5.53. The molecule has 0 bridgehead atoms. The number of hydrogen-bond donors (Lipinski definition) is 1. The fourth-order valence-corrected chi connectivity index (χ4v) is 3.39. The van der Waals surface area contributed by atoms with Crippen molar-refractivity contribution in [3.8, 4) is 0 Å². The molecule has 2 aliphatic rings. The number of rotatable bonds is 5. The molecule has 1 heteroatoms. The second-order valence-corrected chi connectivity index (χ2v) is 6.58. The monoisotopic (exact) mass is 223 g/mol. The highest BCUT2D eigenvalue weighted by molar-refractivity contribution is 5.00. The highest BCUT2D eigenvalue weighted by Gasteiger charge is 2.47. The molecule has 2 fully saturated rings. The summed E-state index contributed by atoms with van der Waals surface area (Å²) in [6, 6.07) is 0. The van der Waals surface area contributed by atoms with Gasteiger partial charge < -0.3 is 5.32 Å². The molecule has 0 aromatic rings. The summed E-state index contributed by atoms with van der Waals surface area (Å²) in [6.45, 7) is 7.11. The Morgan fingerprint density at radius 1 is 1.06 bits per heavy atom. The zero-order valence-corrected chi connectivity index (χ0v) is 11.2. The van der Waals surface area contributed by atoms with E-state index in [1.54, 1.807) is 0 Å². The van der Waals surface area contributed by atoms with E-state index in [1.807, 2.05) is 0 Å². The molecular formula is C15H29N. The summed E-state index contributed by atoms with van der Waals surface area (Å²) in [5.41, 5.74) is 0.735. The van der Waals surface area contributed by atoms with Gasteiger partial charge in [0.1, 0.15) is 0 Å². The van der Waals surface area contributed by atoms with Gasteiger partial charge >= 0.3 is 0 Å². The lowest BCUT2D eigenvalue weighted by atomic mass is 9.83. The third-order valence-electron chi connectivity index (χ3n) is 4.64. The van der Waals surface area contributed by atoms with Gasteiger partial charge in [0, 0.05) is 6.54 Å². The van der Waals surface area contributed by atoms with E-state index in [0.29, 0.717) is 0 Å². The first-order chi connectivity index (χ1) is 7.73. The summed E-state index contributed by atoms with van der Waals surface area (Å²) in [4.78, 5) is 0. The van der Waals surface area contributed by atoms with Crippen molar-refractivity contribution in [2.24, 2.45) is 17.3 Å². The Morgan fingerprint density at radius 2 is 1.69 bits per heavy atom. The van der Waals surface area contributed by atoms with Crippen molar-refractivity contribution in [3.63, 3.8) is 0 Å². The van der Waals surface area contributed by atoms with E-state index in [4.69, 9.17) is 0 Å². The predicted molar refractivity (Wildman–Crippen MR) is 70.6 cm³/mol. The highest BCUT2D eigenvalue weighted by Crippen LogP contribution is 2.55. The van der Waals surface area contributed by atoms with E-state index in [1.165, 1.54) is 64.5 Å².